The van der Waals surface area contributed by atoms with Crippen molar-refractivity contribution in [3.05, 3.63) is 59.8 Å². The summed E-state index contributed by atoms with van der Waals surface area (Å²) in [5, 5.41) is 12.5. The standard InChI is InChI=1S/C18H16N4O/c1-11-7-8-15(12(2)9-11)20-18-22-21-17(23-18)14-10-19-16-6-4-3-5-13(14)16/h3-10,19H,1-2H3,(H,20,22). The van der Waals surface area contributed by atoms with Gasteiger partial charge in [-0.15, -0.1) is 5.10 Å². The van der Waals surface area contributed by atoms with Gasteiger partial charge in [0.1, 0.15) is 0 Å². The van der Waals surface area contributed by atoms with Crippen molar-refractivity contribution >= 4 is 22.6 Å². The first-order valence-electron chi connectivity index (χ1n) is 7.45. The lowest BCUT2D eigenvalue weighted by Crippen LogP contribution is -1.93. The van der Waals surface area contributed by atoms with Crippen LogP contribution in [0.15, 0.2) is 53.1 Å². The SMILES string of the molecule is Cc1ccc(Nc2nnc(-c3c[nH]c4ccccc34)o2)c(C)c1. The molecular weight excluding hydrogens is 288 g/mol. The summed E-state index contributed by atoms with van der Waals surface area (Å²) >= 11 is 0. The summed E-state index contributed by atoms with van der Waals surface area (Å²) in [5.41, 5.74) is 5.27. The Morgan fingerprint density at radius 2 is 1.91 bits per heavy atom. The minimum atomic E-state index is 0.386. The number of rotatable bonds is 3. The molecule has 0 aliphatic carbocycles. The Labute approximate surface area is 133 Å². The van der Waals surface area contributed by atoms with Gasteiger partial charge in [0, 0.05) is 22.8 Å². The molecule has 0 bridgehead atoms. The highest BCUT2D eigenvalue weighted by molar-refractivity contribution is 5.93. The van der Waals surface area contributed by atoms with E-state index in [9.17, 15) is 0 Å². The molecule has 0 aliphatic rings. The number of benzene rings is 2. The van der Waals surface area contributed by atoms with Crippen LogP contribution in [-0.4, -0.2) is 15.2 Å². The molecule has 5 heteroatoms. The highest BCUT2D eigenvalue weighted by Crippen LogP contribution is 2.29. The molecule has 2 heterocycles. The molecule has 0 saturated carbocycles. The van der Waals surface area contributed by atoms with Gasteiger partial charge in [-0.25, -0.2) is 0 Å². The van der Waals surface area contributed by atoms with Crippen LogP contribution in [0, 0.1) is 13.8 Å². The fraction of sp³-hybridized carbons (Fsp3) is 0.111. The van der Waals surface area contributed by atoms with Crippen LogP contribution in [0.2, 0.25) is 0 Å². The van der Waals surface area contributed by atoms with Crippen LogP contribution in [0.1, 0.15) is 11.1 Å². The topological polar surface area (TPSA) is 66.7 Å². The van der Waals surface area contributed by atoms with Crippen molar-refractivity contribution < 1.29 is 4.42 Å². The molecule has 23 heavy (non-hydrogen) atoms. The van der Waals surface area contributed by atoms with Crippen LogP contribution in [0.25, 0.3) is 22.4 Å². The molecule has 0 unspecified atom stereocenters. The average Bonchev–Trinajstić information content (AvgIpc) is 3.16. The van der Waals surface area contributed by atoms with E-state index in [1.807, 2.05) is 49.5 Å². The monoisotopic (exact) mass is 304 g/mol. The van der Waals surface area contributed by atoms with Gasteiger partial charge < -0.3 is 14.7 Å². The second-order valence-corrected chi connectivity index (χ2v) is 5.60. The summed E-state index contributed by atoms with van der Waals surface area (Å²) < 4.78 is 5.77. The van der Waals surface area contributed by atoms with E-state index in [0.717, 1.165) is 27.7 Å². The van der Waals surface area contributed by atoms with E-state index in [1.54, 1.807) is 0 Å². The van der Waals surface area contributed by atoms with E-state index in [0.29, 0.717) is 11.9 Å². The number of hydrogen-bond acceptors (Lipinski definition) is 4. The molecule has 0 saturated heterocycles. The minimum absolute atomic E-state index is 0.386. The zero-order chi connectivity index (χ0) is 15.8. The van der Waals surface area contributed by atoms with Gasteiger partial charge in [0.15, 0.2) is 0 Å². The fourth-order valence-corrected chi connectivity index (χ4v) is 2.70. The van der Waals surface area contributed by atoms with Crippen molar-refractivity contribution in [1.82, 2.24) is 15.2 Å². The van der Waals surface area contributed by atoms with Gasteiger partial charge >= 0.3 is 6.01 Å². The van der Waals surface area contributed by atoms with Gasteiger partial charge in [0.2, 0.25) is 0 Å². The molecule has 114 valence electrons. The van der Waals surface area contributed by atoms with Crippen LogP contribution in [-0.2, 0) is 0 Å². The minimum Gasteiger partial charge on any atom is -0.403 e. The molecule has 0 radical (unpaired) electrons. The number of nitrogens with zero attached hydrogens (tertiary/aromatic N) is 2. The lowest BCUT2D eigenvalue weighted by Gasteiger charge is -2.05. The highest BCUT2D eigenvalue weighted by atomic mass is 16.4. The van der Waals surface area contributed by atoms with E-state index >= 15 is 0 Å². The number of anilines is 2. The zero-order valence-corrected chi connectivity index (χ0v) is 12.9. The van der Waals surface area contributed by atoms with Gasteiger partial charge in [-0.05, 0) is 31.5 Å². The number of hydrogen-bond donors (Lipinski definition) is 2. The lowest BCUT2D eigenvalue weighted by molar-refractivity contribution is 0.588. The van der Waals surface area contributed by atoms with Gasteiger partial charge in [0.05, 0.1) is 5.56 Å². The first-order valence-corrected chi connectivity index (χ1v) is 7.45. The third-order valence-electron chi connectivity index (χ3n) is 3.87. The highest BCUT2D eigenvalue weighted by Gasteiger charge is 2.13. The Kier molecular flexibility index (Phi) is 3.12. The molecule has 2 N–H and O–H groups in total. The van der Waals surface area contributed by atoms with Crippen LogP contribution in [0.4, 0.5) is 11.7 Å². The molecule has 2 aromatic heterocycles. The second-order valence-electron chi connectivity index (χ2n) is 5.60. The van der Waals surface area contributed by atoms with Gasteiger partial charge in [-0.1, -0.05) is 41.0 Å². The summed E-state index contributed by atoms with van der Waals surface area (Å²) in [6, 6.07) is 14.6. The Balaban J connectivity index is 1.66. The first kappa shape index (κ1) is 13.6. The van der Waals surface area contributed by atoms with Gasteiger partial charge in [-0.2, -0.15) is 0 Å². The fourth-order valence-electron chi connectivity index (χ4n) is 2.70. The van der Waals surface area contributed by atoms with Crippen molar-refractivity contribution in [2.24, 2.45) is 0 Å². The Bertz CT molecular complexity index is 984. The quantitative estimate of drug-likeness (QED) is 0.581. The maximum absolute atomic E-state index is 5.77. The van der Waals surface area contributed by atoms with Gasteiger partial charge in [-0.3, -0.25) is 0 Å². The van der Waals surface area contributed by atoms with E-state index in [2.05, 4.69) is 33.5 Å². The third kappa shape index (κ3) is 2.46. The number of aryl methyl sites for hydroxylation is 2. The van der Waals surface area contributed by atoms with E-state index in [1.165, 1.54) is 5.56 Å². The van der Waals surface area contributed by atoms with E-state index in [4.69, 9.17) is 4.42 Å². The van der Waals surface area contributed by atoms with Crippen LogP contribution < -0.4 is 5.32 Å². The Morgan fingerprint density at radius 1 is 1.04 bits per heavy atom. The first-order chi connectivity index (χ1) is 11.2. The van der Waals surface area contributed by atoms with Crippen molar-refractivity contribution in [3.8, 4) is 11.5 Å². The largest absolute Gasteiger partial charge is 0.403 e. The second kappa shape index (κ2) is 5.28. The molecule has 4 aromatic rings. The number of H-pyrrole nitrogens is 1. The maximum atomic E-state index is 5.77. The number of nitrogens with one attached hydrogen (secondary N) is 2. The molecular formula is C18H16N4O. The van der Waals surface area contributed by atoms with Crippen molar-refractivity contribution in [2.75, 3.05) is 5.32 Å². The summed E-state index contributed by atoms with van der Waals surface area (Å²) in [7, 11) is 0. The molecule has 0 fully saturated rings. The van der Waals surface area contributed by atoms with Crippen molar-refractivity contribution in [2.45, 2.75) is 13.8 Å². The summed E-state index contributed by atoms with van der Waals surface area (Å²) in [5.74, 6) is 0.495. The molecule has 0 spiro atoms. The normalized spacial score (nSPS) is 11.0. The molecule has 0 aliphatic heterocycles. The Hall–Kier alpha value is -3.08. The molecule has 0 atom stereocenters. The summed E-state index contributed by atoms with van der Waals surface area (Å²) in [6.45, 7) is 4.12. The number of fused-ring (bicyclic) bond motifs is 1. The molecule has 5 nitrogen and oxygen atoms in total. The van der Waals surface area contributed by atoms with Crippen LogP contribution in [0.5, 0.6) is 0 Å². The van der Waals surface area contributed by atoms with Crippen LogP contribution in [0.3, 0.4) is 0 Å². The predicted molar refractivity (Wildman–Crippen MR) is 90.8 cm³/mol. The maximum Gasteiger partial charge on any atom is 0.320 e. The smallest absolute Gasteiger partial charge is 0.320 e. The zero-order valence-electron chi connectivity index (χ0n) is 12.9. The van der Waals surface area contributed by atoms with Crippen molar-refractivity contribution in [1.29, 1.82) is 0 Å². The summed E-state index contributed by atoms with van der Waals surface area (Å²) in [6.07, 6.45) is 1.89. The van der Waals surface area contributed by atoms with Gasteiger partial charge in [0.25, 0.3) is 5.89 Å². The number of aromatic nitrogens is 3. The average molecular weight is 304 g/mol. The van der Waals surface area contributed by atoms with E-state index < -0.39 is 0 Å². The van der Waals surface area contributed by atoms with Crippen molar-refractivity contribution in [3.63, 3.8) is 0 Å². The lowest BCUT2D eigenvalue weighted by atomic mass is 10.1. The third-order valence-corrected chi connectivity index (χ3v) is 3.87. The number of aromatic amines is 1. The van der Waals surface area contributed by atoms with E-state index in [-0.39, 0.29) is 0 Å². The predicted octanol–water partition coefficient (Wildman–Crippen LogP) is 4.58. The summed E-state index contributed by atoms with van der Waals surface area (Å²) in [4.78, 5) is 3.21. The van der Waals surface area contributed by atoms with Crippen LogP contribution >= 0.6 is 0 Å². The number of para-hydroxylation sites is 1. The molecule has 4 rings (SSSR count). The molecule has 0 amide bonds. The molecule has 2 aromatic carbocycles. The Morgan fingerprint density at radius 3 is 2.78 bits per heavy atom.